The van der Waals surface area contributed by atoms with Gasteiger partial charge in [0.15, 0.2) is 18.2 Å². The van der Waals surface area contributed by atoms with Crippen LogP contribution in [0.1, 0.15) is 50.3 Å². The molecule has 2 rings (SSSR count). The summed E-state index contributed by atoms with van der Waals surface area (Å²) in [6.45, 7) is 15.7. The number of hydrogen-bond acceptors (Lipinski definition) is 6. The van der Waals surface area contributed by atoms with E-state index in [0.717, 1.165) is 11.6 Å². The summed E-state index contributed by atoms with van der Waals surface area (Å²) >= 11 is 0. The van der Waals surface area contributed by atoms with Crippen molar-refractivity contribution >= 4 is 25.5 Å². The Labute approximate surface area is 174 Å². The standard InChI is InChI=1S/C20H34N4O4Si/c1-15(25)17-18(22-24(21-17)14-27-12-13-29(5,6)7)16-8-10-23(11-9-16)19(26)28-20(2,3)4/h8H,9-14H2,1-7H3. The van der Waals surface area contributed by atoms with E-state index in [1.165, 1.54) is 11.7 Å². The second-order valence-corrected chi connectivity index (χ2v) is 15.2. The molecule has 0 fully saturated rings. The second kappa shape index (κ2) is 9.21. The first-order chi connectivity index (χ1) is 13.4. The van der Waals surface area contributed by atoms with E-state index < -0.39 is 13.7 Å². The van der Waals surface area contributed by atoms with Crippen molar-refractivity contribution in [1.82, 2.24) is 19.9 Å². The van der Waals surface area contributed by atoms with Gasteiger partial charge in [0.05, 0.1) is 0 Å². The SMILES string of the molecule is CC(=O)c1nn(COCC[Si](C)(C)C)nc1C1=CCN(C(=O)OC(C)(C)C)CC1. The molecule has 0 saturated carbocycles. The first kappa shape index (κ1) is 23.3. The Kier molecular flexibility index (Phi) is 7.39. The normalized spacial score (nSPS) is 15.3. The highest BCUT2D eigenvalue weighted by Crippen LogP contribution is 2.24. The van der Waals surface area contributed by atoms with E-state index in [1.807, 2.05) is 26.8 Å². The van der Waals surface area contributed by atoms with Crippen LogP contribution in [0.5, 0.6) is 0 Å². The summed E-state index contributed by atoms with van der Waals surface area (Å²) in [6, 6.07) is 1.06. The van der Waals surface area contributed by atoms with Gasteiger partial charge in [-0.15, -0.1) is 5.10 Å². The Morgan fingerprint density at radius 3 is 2.41 bits per heavy atom. The molecule has 0 aliphatic carbocycles. The van der Waals surface area contributed by atoms with E-state index in [2.05, 4.69) is 29.8 Å². The zero-order valence-corrected chi connectivity index (χ0v) is 19.7. The lowest BCUT2D eigenvalue weighted by Crippen LogP contribution is -2.39. The van der Waals surface area contributed by atoms with Gasteiger partial charge >= 0.3 is 6.09 Å². The molecule has 0 spiro atoms. The average Bonchev–Trinajstić information content (AvgIpc) is 3.01. The molecule has 29 heavy (non-hydrogen) atoms. The maximum Gasteiger partial charge on any atom is 0.410 e. The molecule has 0 saturated heterocycles. The van der Waals surface area contributed by atoms with Gasteiger partial charge in [-0.2, -0.15) is 9.90 Å². The van der Waals surface area contributed by atoms with Gasteiger partial charge in [-0.1, -0.05) is 25.7 Å². The number of carbonyl (C=O) groups excluding carboxylic acids is 2. The van der Waals surface area contributed by atoms with Crippen LogP contribution >= 0.6 is 0 Å². The predicted octanol–water partition coefficient (Wildman–Crippen LogP) is 3.82. The number of ether oxygens (including phenoxy) is 2. The third-order valence-corrected chi connectivity index (χ3v) is 6.06. The number of amides is 1. The summed E-state index contributed by atoms with van der Waals surface area (Å²) in [5.74, 6) is -0.135. The van der Waals surface area contributed by atoms with E-state index in [1.54, 1.807) is 4.90 Å². The highest BCUT2D eigenvalue weighted by atomic mass is 28.3. The molecule has 1 aliphatic rings. The minimum Gasteiger partial charge on any atom is -0.444 e. The summed E-state index contributed by atoms with van der Waals surface area (Å²) in [5.41, 5.74) is 1.32. The number of nitrogens with zero attached hydrogens (tertiary/aromatic N) is 4. The van der Waals surface area contributed by atoms with Crippen molar-refractivity contribution in [1.29, 1.82) is 0 Å². The van der Waals surface area contributed by atoms with Crippen LogP contribution in [-0.2, 0) is 16.2 Å². The lowest BCUT2D eigenvalue weighted by atomic mass is 10.0. The molecular weight excluding hydrogens is 388 g/mol. The minimum atomic E-state index is -1.16. The van der Waals surface area contributed by atoms with Gasteiger partial charge in [-0.25, -0.2) is 4.79 Å². The van der Waals surface area contributed by atoms with Crippen LogP contribution in [-0.4, -0.2) is 65.1 Å². The van der Waals surface area contributed by atoms with Crippen LogP contribution in [0, 0.1) is 0 Å². The largest absolute Gasteiger partial charge is 0.444 e. The van der Waals surface area contributed by atoms with Crippen LogP contribution in [0.15, 0.2) is 6.08 Å². The fourth-order valence-corrected chi connectivity index (χ4v) is 3.52. The number of Topliss-reactive ketones (excluding diaryl/α,β-unsaturated/α-hetero) is 1. The van der Waals surface area contributed by atoms with E-state index in [4.69, 9.17) is 9.47 Å². The highest BCUT2D eigenvalue weighted by Gasteiger charge is 2.26. The Hall–Kier alpha value is -2.00. The van der Waals surface area contributed by atoms with E-state index in [-0.39, 0.29) is 18.6 Å². The average molecular weight is 423 g/mol. The predicted molar refractivity (Wildman–Crippen MR) is 115 cm³/mol. The van der Waals surface area contributed by atoms with Crippen LogP contribution in [0.3, 0.4) is 0 Å². The Morgan fingerprint density at radius 1 is 1.21 bits per heavy atom. The van der Waals surface area contributed by atoms with Crippen LogP contribution in [0.25, 0.3) is 5.57 Å². The summed E-state index contributed by atoms with van der Waals surface area (Å²) in [6.07, 6.45) is 2.17. The summed E-state index contributed by atoms with van der Waals surface area (Å²) in [5, 5.41) is 8.80. The molecule has 9 heteroatoms. The van der Waals surface area contributed by atoms with Crippen molar-refractivity contribution in [3.8, 4) is 0 Å². The first-order valence-electron chi connectivity index (χ1n) is 10.1. The quantitative estimate of drug-likeness (QED) is 0.377. The maximum atomic E-state index is 12.2. The molecule has 2 heterocycles. The second-order valence-electron chi connectivity index (χ2n) is 9.58. The van der Waals surface area contributed by atoms with Gasteiger partial charge in [0.2, 0.25) is 0 Å². The van der Waals surface area contributed by atoms with Gasteiger partial charge in [0, 0.05) is 34.7 Å². The Bertz CT molecular complexity index is 774. The molecule has 8 nitrogen and oxygen atoms in total. The van der Waals surface area contributed by atoms with E-state index in [0.29, 0.717) is 37.5 Å². The summed E-state index contributed by atoms with van der Waals surface area (Å²) in [4.78, 5) is 27.4. The summed E-state index contributed by atoms with van der Waals surface area (Å²) < 4.78 is 11.1. The van der Waals surface area contributed by atoms with Gasteiger partial charge in [-0.3, -0.25) is 4.79 Å². The molecule has 1 aliphatic heterocycles. The molecule has 0 atom stereocenters. The maximum absolute atomic E-state index is 12.2. The number of ketones is 1. The molecule has 1 amide bonds. The molecule has 0 N–H and O–H groups in total. The molecular formula is C20H34N4O4Si. The molecule has 0 aromatic carbocycles. The molecule has 0 radical (unpaired) electrons. The minimum absolute atomic E-state index is 0.135. The van der Waals surface area contributed by atoms with Crippen molar-refractivity contribution in [3.63, 3.8) is 0 Å². The summed E-state index contributed by atoms with van der Waals surface area (Å²) in [7, 11) is -1.16. The zero-order chi connectivity index (χ0) is 21.8. The number of hydrogen-bond donors (Lipinski definition) is 0. The smallest absolute Gasteiger partial charge is 0.410 e. The van der Waals surface area contributed by atoms with Crippen LogP contribution in [0.4, 0.5) is 4.79 Å². The van der Waals surface area contributed by atoms with Crippen LogP contribution < -0.4 is 0 Å². The fourth-order valence-electron chi connectivity index (χ4n) is 2.76. The van der Waals surface area contributed by atoms with Crippen LogP contribution in [0.2, 0.25) is 25.7 Å². The van der Waals surface area contributed by atoms with Gasteiger partial charge in [-0.05, 0) is 38.8 Å². The van der Waals surface area contributed by atoms with Crippen molar-refractivity contribution in [3.05, 3.63) is 17.5 Å². The lowest BCUT2D eigenvalue weighted by molar-refractivity contribution is 0.0270. The number of rotatable bonds is 7. The van der Waals surface area contributed by atoms with Crippen molar-refractivity contribution < 1.29 is 19.1 Å². The van der Waals surface area contributed by atoms with Crippen molar-refractivity contribution in [2.45, 2.75) is 72.1 Å². The number of carbonyl (C=O) groups is 2. The third kappa shape index (κ3) is 7.39. The molecule has 1 aromatic rings. The van der Waals surface area contributed by atoms with E-state index in [9.17, 15) is 9.59 Å². The molecule has 1 aromatic heterocycles. The number of aromatic nitrogens is 3. The van der Waals surface area contributed by atoms with Gasteiger partial charge in [0.25, 0.3) is 0 Å². The Balaban J connectivity index is 2.05. The zero-order valence-electron chi connectivity index (χ0n) is 18.7. The highest BCUT2D eigenvalue weighted by molar-refractivity contribution is 6.76. The molecule has 0 bridgehead atoms. The molecule has 162 valence electrons. The van der Waals surface area contributed by atoms with Crippen molar-refractivity contribution in [2.24, 2.45) is 0 Å². The van der Waals surface area contributed by atoms with Gasteiger partial charge < -0.3 is 14.4 Å². The van der Waals surface area contributed by atoms with Crippen molar-refractivity contribution in [2.75, 3.05) is 19.7 Å². The van der Waals surface area contributed by atoms with E-state index >= 15 is 0 Å². The molecule has 0 unspecified atom stereocenters. The van der Waals surface area contributed by atoms with Gasteiger partial charge in [0.1, 0.15) is 11.3 Å². The lowest BCUT2D eigenvalue weighted by Gasteiger charge is -2.29. The topological polar surface area (TPSA) is 86.6 Å². The first-order valence-corrected chi connectivity index (χ1v) is 13.8. The third-order valence-electron chi connectivity index (χ3n) is 4.36. The monoisotopic (exact) mass is 422 g/mol. The fraction of sp³-hybridized carbons (Fsp3) is 0.700. The Morgan fingerprint density at radius 2 is 1.90 bits per heavy atom.